The average Bonchev–Trinajstić information content (AvgIpc) is 3.37. The van der Waals surface area contributed by atoms with Gasteiger partial charge in [-0.25, -0.2) is 4.39 Å². The predicted molar refractivity (Wildman–Crippen MR) is 159 cm³/mol. The lowest BCUT2D eigenvalue weighted by molar-refractivity contribution is -0.282. The lowest BCUT2D eigenvalue weighted by atomic mass is 9.83. The summed E-state index contributed by atoms with van der Waals surface area (Å²) in [4.78, 5) is 12.6. The van der Waals surface area contributed by atoms with Crippen LogP contribution in [-0.4, -0.2) is 173 Å². The highest BCUT2D eigenvalue weighted by molar-refractivity contribution is 5.81. The fraction of sp³-hybridized carbons (Fsp3) is 0.889. The summed E-state index contributed by atoms with van der Waals surface area (Å²) in [6, 6.07) is -4.23. The van der Waals surface area contributed by atoms with E-state index in [-0.39, 0.29) is 19.5 Å². The van der Waals surface area contributed by atoms with Crippen molar-refractivity contribution < 1.29 is 68.2 Å². The van der Waals surface area contributed by atoms with Crippen molar-refractivity contribution in [1.29, 1.82) is 0 Å². The Balaban J connectivity index is 1.56. The molecule has 2 saturated heterocycles. The van der Waals surface area contributed by atoms with Crippen LogP contribution < -0.4 is 39.7 Å². The smallest absolute Gasteiger partial charge is 0.252 e. The van der Waals surface area contributed by atoms with E-state index in [1.54, 1.807) is 6.08 Å². The van der Waals surface area contributed by atoms with Crippen molar-refractivity contribution >= 4 is 5.91 Å². The fourth-order valence-corrected chi connectivity index (χ4v) is 6.07. The Hall–Kier alpha value is -1.74. The second-order valence-corrected chi connectivity index (χ2v) is 12.3. The van der Waals surface area contributed by atoms with E-state index in [0.29, 0.717) is 12.2 Å². The summed E-state index contributed by atoms with van der Waals surface area (Å²) >= 11 is 0. The van der Waals surface area contributed by atoms with Gasteiger partial charge in [0.1, 0.15) is 66.9 Å². The Bertz CT molecular complexity index is 1090. The number of nitrogens with two attached hydrogens (primary N) is 6. The first kappa shape index (κ1) is 39.1. The third-order valence-electron chi connectivity index (χ3n) is 8.95. The number of amides is 1. The molecule has 0 radical (unpaired) electrons. The van der Waals surface area contributed by atoms with E-state index < -0.39 is 129 Å². The number of carbonyl (C=O) groups excluding carboxylic acids is 1. The summed E-state index contributed by atoms with van der Waals surface area (Å²) in [5.41, 5.74) is 35.2. The molecule has 0 unspecified atom stereocenters. The standard InChI is InChI=1S/C27H50FN7O13/c28-9(5-30)16(37)24(42)35-12-3-11(33)21(46-25-10(32)2-1-8(4-29)43-25)23(17(12)38)48-27-20(41)22(14(7-36)45-27)47-26-15(34)19(40)18(39)13(6-31)44-26/h1,9-23,25-27,36-41H,2-7,29-34H2,(H,35,42)/t9-,10-,11+,12-,13+,14-,15-,16+,17+,18-,19-,20-,21-,22-,23-,25-,26-,27+/m1/s1. The van der Waals surface area contributed by atoms with Gasteiger partial charge in [0.05, 0.1) is 31.3 Å². The Labute approximate surface area is 275 Å². The molecule has 278 valence electrons. The molecular formula is C27H50FN7O13. The second kappa shape index (κ2) is 17.0. The number of carbonyl (C=O) groups is 1. The molecule has 0 aromatic heterocycles. The Morgan fingerprint density at radius 1 is 0.896 bits per heavy atom. The number of alkyl halides is 1. The van der Waals surface area contributed by atoms with Gasteiger partial charge in [0.2, 0.25) is 6.29 Å². The van der Waals surface area contributed by atoms with Crippen LogP contribution in [0.4, 0.5) is 4.39 Å². The third kappa shape index (κ3) is 8.41. The maximum atomic E-state index is 14.0. The summed E-state index contributed by atoms with van der Waals surface area (Å²) in [7, 11) is 0. The van der Waals surface area contributed by atoms with Crippen LogP contribution in [0.1, 0.15) is 12.8 Å². The quantitative estimate of drug-likeness (QED) is 0.0848. The predicted octanol–water partition coefficient (Wildman–Crippen LogP) is -7.90. The van der Waals surface area contributed by atoms with Crippen molar-refractivity contribution in [3.63, 3.8) is 0 Å². The van der Waals surface area contributed by atoms with Gasteiger partial charge in [-0.1, -0.05) is 0 Å². The molecule has 0 aromatic rings. The molecule has 48 heavy (non-hydrogen) atoms. The lowest BCUT2D eigenvalue weighted by Crippen LogP contribution is -2.67. The first-order valence-corrected chi connectivity index (χ1v) is 15.7. The second-order valence-electron chi connectivity index (χ2n) is 12.3. The molecule has 0 aromatic carbocycles. The van der Waals surface area contributed by atoms with Gasteiger partial charge in [-0.05, 0) is 18.9 Å². The molecule has 4 rings (SSSR count). The van der Waals surface area contributed by atoms with Crippen LogP contribution in [0.3, 0.4) is 0 Å². The molecule has 3 heterocycles. The number of hydrogen-bond acceptors (Lipinski definition) is 19. The highest BCUT2D eigenvalue weighted by Crippen LogP contribution is 2.34. The van der Waals surface area contributed by atoms with E-state index in [4.69, 9.17) is 62.8 Å². The van der Waals surface area contributed by atoms with Gasteiger partial charge in [0.25, 0.3) is 5.91 Å². The Kier molecular flexibility index (Phi) is 13.8. The SMILES string of the molecule is NCC1=CC[C@@H](N)[C@@H](O[C@H]2[C@H](O[C@@H]3O[C@H](CO)[C@@H](O[C@H]4O[C@@H](CN)[C@@H](O)[C@H](O)[C@H]4N)[C@H]3O)[C@@H](O)[C@H](NC(=O)[C@@H](O)[C@H](F)CN)C[C@@H]2N)O1. The highest BCUT2D eigenvalue weighted by Gasteiger charge is 2.54. The summed E-state index contributed by atoms with van der Waals surface area (Å²) < 4.78 is 49.0. The minimum Gasteiger partial charge on any atom is -0.467 e. The van der Waals surface area contributed by atoms with Gasteiger partial charge in [0.15, 0.2) is 18.7 Å². The van der Waals surface area contributed by atoms with Gasteiger partial charge >= 0.3 is 0 Å². The lowest BCUT2D eigenvalue weighted by Gasteiger charge is -2.46. The van der Waals surface area contributed by atoms with Crippen LogP contribution in [-0.2, 0) is 33.2 Å². The van der Waals surface area contributed by atoms with Crippen LogP contribution in [0, 0.1) is 0 Å². The molecule has 4 aliphatic rings. The molecule has 18 atom stereocenters. The molecule has 3 fully saturated rings. The van der Waals surface area contributed by atoms with Gasteiger partial charge in [-0.15, -0.1) is 0 Å². The first-order valence-electron chi connectivity index (χ1n) is 15.7. The Morgan fingerprint density at radius 2 is 1.54 bits per heavy atom. The van der Waals surface area contributed by atoms with E-state index in [9.17, 15) is 39.8 Å². The first-order chi connectivity index (χ1) is 22.8. The molecule has 3 aliphatic heterocycles. The highest BCUT2D eigenvalue weighted by atomic mass is 19.1. The number of aliphatic hydroxyl groups excluding tert-OH is 6. The van der Waals surface area contributed by atoms with Crippen molar-refractivity contribution in [3.05, 3.63) is 11.8 Å². The molecule has 1 aliphatic carbocycles. The largest absolute Gasteiger partial charge is 0.467 e. The van der Waals surface area contributed by atoms with Crippen molar-refractivity contribution in [2.75, 3.05) is 26.2 Å². The van der Waals surface area contributed by atoms with E-state index >= 15 is 0 Å². The molecule has 0 bridgehead atoms. The van der Waals surface area contributed by atoms with Gasteiger partial charge < -0.3 is 98.8 Å². The number of aliphatic hydroxyl groups is 6. The minimum absolute atomic E-state index is 0.0447. The minimum atomic E-state index is -2.14. The molecule has 1 saturated carbocycles. The van der Waals surface area contributed by atoms with E-state index in [0.717, 1.165) is 0 Å². The van der Waals surface area contributed by atoms with Crippen molar-refractivity contribution in [1.82, 2.24) is 5.32 Å². The number of ether oxygens (including phenoxy) is 6. The van der Waals surface area contributed by atoms with Crippen LogP contribution in [0.5, 0.6) is 0 Å². The molecule has 19 N–H and O–H groups in total. The molecule has 1 amide bonds. The Morgan fingerprint density at radius 3 is 2.17 bits per heavy atom. The van der Waals surface area contributed by atoms with E-state index in [1.807, 2.05) is 0 Å². The van der Waals surface area contributed by atoms with Crippen molar-refractivity contribution in [2.24, 2.45) is 34.4 Å². The monoisotopic (exact) mass is 699 g/mol. The third-order valence-corrected chi connectivity index (χ3v) is 8.95. The summed E-state index contributed by atoms with van der Waals surface area (Å²) in [6.07, 6.45) is -19.3. The number of rotatable bonds is 13. The fourth-order valence-electron chi connectivity index (χ4n) is 6.07. The molecule has 20 nitrogen and oxygen atoms in total. The van der Waals surface area contributed by atoms with Crippen LogP contribution in [0.15, 0.2) is 11.8 Å². The zero-order valence-electron chi connectivity index (χ0n) is 26.1. The molecule has 0 spiro atoms. The van der Waals surface area contributed by atoms with Gasteiger partial charge in [-0.2, -0.15) is 0 Å². The summed E-state index contributed by atoms with van der Waals surface area (Å²) in [6.45, 7) is -1.50. The topological polar surface area (TPSA) is 362 Å². The van der Waals surface area contributed by atoms with Gasteiger partial charge in [-0.3, -0.25) is 4.79 Å². The number of nitrogens with one attached hydrogen (secondary N) is 1. The van der Waals surface area contributed by atoms with Crippen LogP contribution >= 0.6 is 0 Å². The average molecular weight is 700 g/mol. The summed E-state index contributed by atoms with van der Waals surface area (Å²) in [5, 5.41) is 65.7. The zero-order valence-corrected chi connectivity index (χ0v) is 26.1. The summed E-state index contributed by atoms with van der Waals surface area (Å²) in [5.74, 6) is -0.780. The maximum absolute atomic E-state index is 14.0. The number of halogens is 1. The van der Waals surface area contributed by atoms with Crippen molar-refractivity contribution in [2.45, 2.75) is 123 Å². The molecular weight excluding hydrogens is 649 g/mol. The van der Waals surface area contributed by atoms with Crippen molar-refractivity contribution in [3.8, 4) is 0 Å². The van der Waals surface area contributed by atoms with Gasteiger partial charge in [0, 0.05) is 19.1 Å². The normalized spacial score (nSPS) is 44.8. The molecule has 21 heteroatoms. The number of hydrogen-bond donors (Lipinski definition) is 13. The van der Waals surface area contributed by atoms with Crippen LogP contribution in [0.25, 0.3) is 0 Å². The van der Waals surface area contributed by atoms with Crippen LogP contribution in [0.2, 0.25) is 0 Å². The maximum Gasteiger partial charge on any atom is 0.252 e. The zero-order chi connectivity index (χ0) is 35.4. The van der Waals surface area contributed by atoms with E-state index in [1.165, 1.54) is 0 Å². The van der Waals surface area contributed by atoms with E-state index in [2.05, 4.69) is 5.32 Å².